The predicted octanol–water partition coefficient (Wildman–Crippen LogP) is 4.40. The number of nitriles is 1. The average molecular weight is 359 g/mol. The molecule has 0 unspecified atom stereocenters. The number of aromatic nitrogens is 1. The number of nitrogens with one attached hydrogen (secondary N) is 1. The number of carbonyl (C=O) groups excluding carboxylic acids is 1. The van der Waals surface area contributed by atoms with E-state index in [0.29, 0.717) is 5.69 Å². The number of hydrogen-bond donors (Lipinski definition) is 1. The predicted molar refractivity (Wildman–Crippen MR) is 102 cm³/mol. The van der Waals surface area contributed by atoms with Crippen molar-refractivity contribution in [1.82, 2.24) is 9.88 Å². The summed E-state index contributed by atoms with van der Waals surface area (Å²) in [6.07, 6.45) is 3.31. The molecule has 0 radical (unpaired) electrons. The Morgan fingerprint density at radius 2 is 1.81 bits per heavy atom. The van der Waals surface area contributed by atoms with E-state index >= 15 is 0 Å². The van der Waals surface area contributed by atoms with Crippen LogP contribution in [0.5, 0.6) is 0 Å². The van der Waals surface area contributed by atoms with Gasteiger partial charge in [0.1, 0.15) is 17.5 Å². The molecule has 2 aromatic carbocycles. The van der Waals surface area contributed by atoms with Gasteiger partial charge in [0.25, 0.3) is 5.91 Å². The lowest BCUT2D eigenvalue weighted by atomic mass is 10.1. The summed E-state index contributed by atoms with van der Waals surface area (Å²) in [5.74, 6) is -0.768. The Hall–Kier alpha value is -3.65. The third-order valence-electron chi connectivity index (χ3n) is 4.19. The Morgan fingerprint density at radius 3 is 2.48 bits per heavy atom. The van der Waals surface area contributed by atoms with Crippen molar-refractivity contribution in [1.29, 1.82) is 5.26 Å². The summed E-state index contributed by atoms with van der Waals surface area (Å²) in [6, 6.07) is 20.9. The minimum absolute atomic E-state index is 0.000146. The van der Waals surface area contributed by atoms with Gasteiger partial charge in [0.2, 0.25) is 0 Å². The first-order valence-corrected chi connectivity index (χ1v) is 8.49. The fourth-order valence-electron chi connectivity index (χ4n) is 2.74. The molecule has 0 fully saturated rings. The Bertz CT molecular complexity index is 998. The van der Waals surface area contributed by atoms with Crippen molar-refractivity contribution in [3.63, 3.8) is 0 Å². The highest BCUT2D eigenvalue weighted by Crippen LogP contribution is 2.17. The van der Waals surface area contributed by atoms with Crippen molar-refractivity contribution >= 4 is 12.0 Å². The molecule has 0 bridgehead atoms. The summed E-state index contributed by atoms with van der Waals surface area (Å²) in [5, 5.41) is 12.3. The maximum Gasteiger partial charge on any atom is 0.262 e. The summed E-state index contributed by atoms with van der Waals surface area (Å²) in [6.45, 7) is 1.86. The topological polar surface area (TPSA) is 57.8 Å². The fraction of sp³-hybridized carbons (Fsp3) is 0.0909. The molecule has 4 nitrogen and oxygen atoms in total. The number of benzene rings is 2. The first kappa shape index (κ1) is 18.2. The minimum Gasteiger partial charge on any atom is -0.345 e. The van der Waals surface area contributed by atoms with Crippen LogP contribution in [-0.4, -0.2) is 10.5 Å². The number of nitrogens with zero attached hydrogens (tertiary/aromatic N) is 2. The van der Waals surface area contributed by atoms with Crippen molar-refractivity contribution in [2.24, 2.45) is 0 Å². The van der Waals surface area contributed by atoms with Crippen molar-refractivity contribution in [2.75, 3.05) is 0 Å². The van der Waals surface area contributed by atoms with Gasteiger partial charge in [-0.15, -0.1) is 0 Å². The highest BCUT2D eigenvalue weighted by Gasteiger charge is 2.14. The summed E-state index contributed by atoms with van der Waals surface area (Å²) in [4.78, 5) is 12.5. The van der Waals surface area contributed by atoms with Gasteiger partial charge in [-0.25, -0.2) is 4.39 Å². The molecule has 0 spiro atoms. The van der Waals surface area contributed by atoms with E-state index in [-0.39, 0.29) is 17.4 Å². The standard InChI is InChI=1S/C22H18FN3O/c1-16(17-6-3-2-4-7-17)25-22(27)18(15-24)14-21-8-5-13-26(21)20-11-9-19(23)10-12-20/h2-14,16H,1H3,(H,25,27)/b18-14-/t16-/m1/s1. The molecule has 0 aliphatic rings. The van der Waals surface area contributed by atoms with Crippen LogP contribution in [0.1, 0.15) is 24.2 Å². The third kappa shape index (κ3) is 4.31. The van der Waals surface area contributed by atoms with Crippen molar-refractivity contribution in [3.05, 3.63) is 95.6 Å². The molecular weight excluding hydrogens is 341 g/mol. The van der Waals surface area contributed by atoms with E-state index in [1.54, 1.807) is 35.0 Å². The summed E-state index contributed by atoms with van der Waals surface area (Å²) < 4.78 is 14.9. The van der Waals surface area contributed by atoms with Crippen molar-refractivity contribution in [3.8, 4) is 11.8 Å². The van der Waals surface area contributed by atoms with Gasteiger partial charge < -0.3 is 9.88 Å². The summed E-state index contributed by atoms with van der Waals surface area (Å²) >= 11 is 0. The van der Waals surface area contributed by atoms with E-state index in [1.807, 2.05) is 43.3 Å². The van der Waals surface area contributed by atoms with E-state index in [2.05, 4.69) is 5.32 Å². The normalized spacial score (nSPS) is 12.3. The smallest absolute Gasteiger partial charge is 0.262 e. The van der Waals surface area contributed by atoms with Gasteiger partial charge in [-0.1, -0.05) is 30.3 Å². The lowest BCUT2D eigenvalue weighted by molar-refractivity contribution is -0.117. The zero-order valence-electron chi connectivity index (χ0n) is 14.8. The molecule has 1 atom stereocenters. The molecule has 0 saturated heterocycles. The minimum atomic E-state index is -0.444. The van der Waals surface area contributed by atoms with Crippen LogP contribution in [0.2, 0.25) is 0 Å². The number of hydrogen-bond acceptors (Lipinski definition) is 2. The average Bonchev–Trinajstić information content (AvgIpc) is 3.15. The zero-order valence-corrected chi connectivity index (χ0v) is 14.8. The molecule has 3 aromatic rings. The van der Waals surface area contributed by atoms with E-state index in [1.165, 1.54) is 18.2 Å². The number of rotatable bonds is 5. The molecule has 1 amide bonds. The maximum atomic E-state index is 13.1. The van der Waals surface area contributed by atoms with Crippen LogP contribution in [0.15, 0.2) is 78.5 Å². The van der Waals surface area contributed by atoms with Gasteiger partial charge in [-0.05, 0) is 55.0 Å². The van der Waals surface area contributed by atoms with E-state index in [9.17, 15) is 14.4 Å². The van der Waals surface area contributed by atoms with Crippen LogP contribution in [0, 0.1) is 17.1 Å². The Balaban J connectivity index is 1.83. The van der Waals surface area contributed by atoms with Crippen LogP contribution in [0.25, 0.3) is 11.8 Å². The first-order valence-electron chi connectivity index (χ1n) is 8.49. The van der Waals surface area contributed by atoms with Crippen LogP contribution in [0.3, 0.4) is 0 Å². The monoisotopic (exact) mass is 359 g/mol. The summed E-state index contributed by atoms with van der Waals surface area (Å²) in [5.41, 5.74) is 2.35. The number of carbonyl (C=O) groups is 1. The molecule has 3 rings (SSSR count). The second kappa shape index (κ2) is 8.15. The molecule has 27 heavy (non-hydrogen) atoms. The molecule has 134 valence electrons. The SMILES string of the molecule is C[C@@H](NC(=O)/C(C#N)=C\c1cccn1-c1ccc(F)cc1)c1ccccc1. The molecule has 0 aliphatic carbocycles. The Morgan fingerprint density at radius 1 is 1.11 bits per heavy atom. The quantitative estimate of drug-likeness (QED) is 0.542. The molecule has 0 saturated carbocycles. The Labute approximate surface area is 157 Å². The highest BCUT2D eigenvalue weighted by molar-refractivity contribution is 6.01. The zero-order chi connectivity index (χ0) is 19.2. The third-order valence-corrected chi connectivity index (χ3v) is 4.19. The van der Waals surface area contributed by atoms with Gasteiger partial charge in [-0.3, -0.25) is 4.79 Å². The second-order valence-electron chi connectivity index (χ2n) is 6.06. The Kier molecular flexibility index (Phi) is 5.48. The van der Waals surface area contributed by atoms with Gasteiger partial charge >= 0.3 is 0 Å². The van der Waals surface area contributed by atoms with Gasteiger partial charge in [0.05, 0.1) is 6.04 Å². The van der Waals surface area contributed by atoms with Gasteiger partial charge in [-0.2, -0.15) is 5.26 Å². The summed E-state index contributed by atoms with van der Waals surface area (Å²) in [7, 11) is 0. The van der Waals surface area contributed by atoms with E-state index in [4.69, 9.17) is 0 Å². The molecule has 0 aliphatic heterocycles. The first-order chi connectivity index (χ1) is 13.1. The molecule has 1 N–H and O–H groups in total. The van der Waals surface area contributed by atoms with E-state index in [0.717, 1.165) is 11.3 Å². The molecule has 1 heterocycles. The van der Waals surface area contributed by atoms with Crippen LogP contribution in [-0.2, 0) is 4.79 Å². The number of amides is 1. The van der Waals surface area contributed by atoms with Crippen LogP contribution >= 0.6 is 0 Å². The van der Waals surface area contributed by atoms with Crippen molar-refractivity contribution in [2.45, 2.75) is 13.0 Å². The second-order valence-corrected chi connectivity index (χ2v) is 6.06. The molecular formula is C22H18FN3O. The van der Waals surface area contributed by atoms with Crippen LogP contribution in [0.4, 0.5) is 4.39 Å². The van der Waals surface area contributed by atoms with E-state index < -0.39 is 5.91 Å². The largest absolute Gasteiger partial charge is 0.345 e. The lowest BCUT2D eigenvalue weighted by Crippen LogP contribution is -2.27. The van der Waals surface area contributed by atoms with Gasteiger partial charge in [0, 0.05) is 17.6 Å². The number of halogens is 1. The molecule has 5 heteroatoms. The van der Waals surface area contributed by atoms with Gasteiger partial charge in [0.15, 0.2) is 0 Å². The lowest BCUT2D eigenvalue weighted by Gasteiger charge is -2.14. The van der Waals surface area contributed by atoms with Crippen molar-refractivity contribution < 1.29 is 9.18 Å². The van der Waals surface area contributed by atoms with Crippen LogP contribution < -0.4 is 5.32 Å². The fourth-order valence-corrected chi connectivity index (χ4v) is 2.74. The highest BCUT2D eigenvalue weighted by atomic mass is 19.1. The maximum absolute atomic E-state index is 13.1. The molecule has 1 aromatic heterocycles.